The molecular formula is C20H30N2O3. The zero-order chi connectivity index (χ0) is 18.1. The number of likely N-dealkylation sites (tertiary alicyclic amines) is 1. The van der Waals surface area contributed by atoms with Crippen molar-refractivity contribution in [2.24, 2.45) is 5.92 Å². The number of nitrogens with zero attached hydrogens (tertiary/aromatic N) is 1. The highest BCUT2D eigenvalue weighted by atomic mass is 16.5. The number of rotatable bonds is 8. The van der Waals surface area contributed by atoms with Gasteiger partial charge in [0.1, 0.15) is 0 Å². The summed E-state index contributed by atoms with van der Waals surface area (Å²) in [5, 5.41) is 2.96. The van der Waals surface area contributed by atoms with Crippen LogP contribution in [-0.4, -0.2) is 50.1 Å². The normalized spacial score (nSPS) is 16.5. The molecule has 1 N–H and O–H groups in total. The molecule has 5 heteroatoms. The molecule has 0 spiro atoms. The van der Waals surface area contributed by atoms with Gasteiger partial charge in [-0.3, -0.25) is 9.59 Å². The summed E-state index contributed by atoms with van der Waals surface area (Å²) in [6.07, 6.45) is 2.86. The molecule has 0 aliphatic carbocycles. The summed E-state index contributed by atoms with van der Waals surface area (Å²) in [6, 6.07) is 10.1. The molecule has 0 unspecified atom stereocenters. The average Bonchev–Trinajstić information content (AvgIpc) is 2.66. The maximum Gasteiger partial charge on any atom is 0.223 e. The third kappa shape index (κ3) is 6.16. The van der Waals surface area contributed by atoms with Gasteiger partial charge >= 0.3 is 0 Å². The van der Waals surface area contributed by atoms with E-state index < -0.39 is 0 Å². The Morgan fingerprint density at radius 3 is 2.56 bits per heavy atom. The summed E-state index contributed by atoms with van der Waals surface area (Å²) in [6.45, 7) is 4.76. The molecule has 0 saturated carbocycles. The summed E-state index contributed by atoms with van der Waals surface area (Å²) >= 11 is 0. The molecule has 5 nitrogen and oxygen atoms in total. The maximum atomic E-state index is 12.5. The number of ether oxygens (including phenoxy) is 1. The van der Waals surface area contributed by atoms with Crippen molar-refractivity contribution in [3.05, 3.63) is 35.9 Å². The van der Waals surface area contributed by atoms with Crippen LogP contribution in [0.1, 0.15) is 44.1 Å². The molecule has 2 amide bonds. The van der Waals surface area contributed by atoms with Crippen LogP contribution in [0, 0.1) is 5.92 Å². The standard InChI is InChI=1S/C20H30N2O3/c1-16(17-7-4-3-5-8-17)15-19(23)22-12-9-18(10-13-22)20(24)21-11-6-14-25-2/h3-5,7-8,16,18H,6,9-15H2,1-2H3,(H,21,24)/t16-/m0/s1. The van der Waals surface area contributed by atoms with Gasteiger partial charge in [0.25, 0.3) is 0 Å². The topological polar surface area (TPSA) is 58.6 Å². The van der Waals surface area contributed by atoms with Gasteiger partial charge in [-0.25, -0.2) is 0 Å². The first-order valence-corrected chi connectivity index (χ1v) is 9.21. The van der Waals surface area contributed by atoms with E-state index in [-0.39, 0.29) is 23.7 Å². The van der Waals surface area contributed by atoms with Gasteiger partial charge in [-0.15, -0.1) is 0 Å². The minimum absolute atomic E-state index is 0.0261. The Kier molecular flexibility index (Phi) is 7.92. The lowest BCUT2D eigenvalue weighted by Gasteiger charge is -2.32. The highest BCUT2D eigenvalue weighted by Crippen LogP contribution is 2.23. The zero-order valence-corrected chi connectivity index (χ0v) is 15.4. The lowest BCUT2D eigenvalue weighted by molar-refractivity contribution is -0.135. The van der Waals surface area contributed by atoms with Crippen molar-refractivity contribution in [2.75, 3.05) is 33.4 Å². The summed E-state index contributed by atoms with van der Waals surface area (Å²) in [7, 11) is 1.66. The number of methoxy groups -OCH3 is 1. The molecule has 2 rings (SSSR count). The highest BCUT2D eigenvalue weighted by Gasteiger charge is 2.27. The molecule has 1 fully saturated rings. The van der Waals surface area contributed by atoms with E-state index in [2.05, 4.69) is 24.4 Å². The Balaban J connectivity index is 1.72. The van der Waals surface area contributed by atoms with E-state index in [1.807, 2.05) is 23.1 Å². The van der Waals surface area contributed by atoms with Gasteiger partial charge < -0.3 is 15.0 Å². The first-order valence-electron chi connectivity index (χ1n) is 9.21. The van der Waals surface area contributed by atoms with Crippen molar-refractivity contribution < 1.29 is 14.3 Å². The molecule has 138 valence electrons. The second-order valence-corrected chi connectivity index (χ2v) is 6.81. The van der Waals surface area contributed by atoms with Crippen LogP contribution in [0.3, 0.4) is 0 Å². The van der Waals surface area contributed by atoms with E-state index in [0.29, 0.717) is 32.7 Å². The Hall–Kier alpha value is -1.88. The van der Waals surface area contributed by atoms with E-state index in [9.17, 15) is 9.59 Å². The molecule has 1 aromatic carbocycles. The predicted molar refractivity (Wildman–Crippen MR) is 98.3 cm³/mol. The van der Waals surface area contributed by atoms with Gasteiger partial charge in [0.15, 0.2) is 0 Å². The molecule has 0 aromatic heterocycles. The smallest absolute Gasteiger partial charge is 0.223 e. The largest absolute Gasteiger partial charge is 0.385 e. The quantitative estimate of drug-likeness (QED) is 0.736. The van der Waals surface area contributed by atoms with E-state index in [0.717, 1.165) is 19.3 Å². The Labute approximate surface area is 150 Å². The summed E-state index contributed by atoms with van der Waals surface area (Å²) in [5.41, 5.74) is 1.20. The molecule has 1 aliphatic heterocycles. The number of carbonyl (C=O) groups is 2. The molecule has 1 aliphatic rings. The van der Waals surface area contributed by atoms with Crippen molar-refractivity contribution >= 4 is 11.8 Å². The Bertz CT molecular complexity index is 539. The Morgan fingerprint density at radius 1 is 1.24 bits per heavy atom. The summed E-state index contributed by atoms with van der Waals surface area (Å²) < 4.78 is 4.98. The SMILES string of the molecule is COCCCNC(=O)C1CCN(C(=O)C[C@H](C)c2ccccc2)CC1. The van der Waals surface area contributed by atoms with E-state index in [1.54, 1.807) is 7.11 Å². The van der Waals surface area contributed by atoms with Crippen LogP contribution in [0.5, 0.6) is 0 Å². The average molecular weight is 346 g/mol. The van der Waals surface area contributed by atoms with Gasteiger partial charge in [-0.2, -0.15) is 0 Å². The number of benzene rings is 1. The van der Waals surface area contributed by atoms with Crippen molar-refractivity contribution in [3.8, 4) is 0 Å². The van der Waals surface area contributed by atoms with Gasteiger partial charge in [-0.05, 0) is 30.7 Å². The van der Waals surface area contributed by atoms with E-state index in [4.69, 9.17) is 4.74 Å². The molecule has 1 atom stereocenters. The van der Waals surface area contributed by atoms with Crippen LogP contribution in [0.25, 0.3) is 0 Å². The van der Waals surface area contributed by atoms with Gasteiger partial charge in [0.05, 0.1) is 0 Å². The number of nitrogens with one attached hydrogen (secondary N) is 1. The van der Waals surface area contributed by atoms with Crippen LogP contribution in [0.15, 0.2) is 30.3 Å². The molecule has 1 saturated heterocycles. The summed E-state index contributed by atoms with van der Waals surface area (Å²) in [4.78, 5) is 26.6. The first kappa shape index (κ1) is 19.4. The fourth-order valence-electron chi connectivity index (χ4n) is 3.25. The number of hydrogen-bond acceptors (Lipinski definition) is 3. The van der Waals surface area contributed by atoms with Gasteiger partial charge in [-0.1, -0.05) is 37.3 Å². The van der Waals surface area contributed by atoms with Gasteiger partial charge in [0.2, 0.25) is 11.8 Å². The lowest BCUT2D eigenvalue weighted by atomic mass is 9.93. The number of carbonyl (C=O) groups excluding carboxylic acids is 2. The zero-order valence-electron chi connectivity index (χ0n) is 15.4. The molecule has 1 aromatic rings. The monoisotopic (exact) mass is 346 g/mol. The van der Waals surface area contributed by atoms with Crippen LogP contribution in [-0.2, 0) is 14.3 Å². The molecule has 25 heavy (non-hydrogen) atoms. The van der Waals surface area contributed by atoms with Crippen LogP contribution in [0.4, 0.5) is 0 Å². The second-order valence-electron chi connectivity index (χ2n) is 6.81. The highest BCUT2D eigenvalue weighted by molar-refractivity contribution is 5.80. The third-order valence-corrected chi connectivity index (χ3v) is 4.89. The second kappa shape index (κ2) is 10.2. The van der Waals surface area contributed by atoms with Crippen molar-refractivity contribution in [3.63, 3.8) is 0 Å². The summed E-state index contributed by atoms with van der Waals surface area (Å²) in [5.74, 6) is 0.546. The van der Waals surface area contributed by atoms with E-state index >= 15 is 0 Å². The fraction of sp³-hybridized carbons (Fsp3) is 0.600. The van der Waals surface area contributed by atoms with Crippen molar-refractivity contribution in [1.29, 1.82) is 0 Å². The van der Waals surface area contributed by atoms with Crippen LogP contribution < -0.4 is 5.32 Å². The maximum absolute atomic E-state index is 12.5. The number of hydrogen-bond donors (Lipinski definition) is 1. The molecule has 0 bridgehead atoms. The lowest BCUT2D eigenvalue weighted by Crippen LogP contribution is -2.43. The fourth-order valence-corrected chi connectivity index (χ4v) is 3.25. The number of amides is 2. The third-order valence-electron chi connectivity index (χ3n) is 4.89. The van der Waals surface area contributed by atoms with Crippen molar-refractivity contribution in [2.45, 2.75) is 38.5 Å². The molecule has 0 radical (unpaired) electrons. The van der Waals surface area contributed by atoms with Crippen LogP contribution >= 0.6 is 0 Å². The van der Waals surface area contributed by atoms with Gasteiger partial charge in [0, 0.05) is 45.7 Å². The minimum Gasteiger partial charge on any atom is -0.385 e. The molecule has 1 heterocycles. The number of piperidine rings is 1. The Morgan fingerprint density at radius 2 is 1.92 bits per heavy atom. The minimum atomic E-state index is 0.0261. The predicted octanol–water partition coefficient (Wildman–Crippen LogP) is 2.57. The molecular weight excluding hydrogens is 316 g/mol. The van der Waals surface area contributed by atoms with Crippen LogP contribution in [0.2, 0.25) is 0 Å². The first-order chi connectivity index (χ1) is 12.1. The van der Waals surface area contributed by atoms with E-state index in [1.165, 1.54) is 5.56 Å². The van der Waals surface area contributed by atoms with Crippen molar-refractivity contribution in [1.82, 2.24) is 10.2 Å².